The lowest BCUT2D eigenvalue weighted by atomic mass is 10.1. The molecule has 0 bridgehead atoms. The Balaban J connectivity index is 1.81. The van der Waals surface area contributed by atoms with Gasteiger partial charge in [-0.3, -0.25) is 14.5 Å². The fraction of sp³-hybridized carbons (Fsp3) is 0.190. The van der Waals surface area contributed by atoms with E-state index < -0.39 is 23.2 Å². The first kappa shape index (κ1) is 19.7. The van der Waals surface area contributed by atoms with Crippen LogP contribution in [0.1, 0.15) is 18.1 Å². The molecule has 1 atom stereocenters. The van der Waals surface area contributed by atoms with E-state index in [1.54, 1.807) is 18.2 Å². The maximum atomic E-state index is 12.6. The van der Waals surface area contributed by atoms with Crippen molar-refractivity contribution in [3.8, 4) is 5.75 Å². The molecule has 0 spiro atoms. The maximum Gasteiger partial charge on any atom is 0.328 e. The van der Waals surface area contributed by atoms with Crippen molar-refractivity contribution in [1.82, 2.24) is 4.90 Å². The zero-order chi connectivity index (χ0) is 20.1. The van der Waals surface area contributed by atoms with Crippen molar-refractivity contribution in [3.05, 3.63) is 70.6 Å². The van der Waals surface area contributed by atoms with Gasteiger partial charge in [0.15, 0.2) is 0 Å². The van der Waals surface area contributed by atoms with Gasteiger partial charge < -0.3 is 9.47 Å². The number of thioether (sulfide) groups is 1. The quantitative estimate of drug-likeness (QED) is 0.544. The molecule has 2 aromatic carbocycles. The number of hydrogen-bond donors (Lipinski definition) is 0. The average Bonchev–Trinajstić information content (AvgIpc) is 3.00. The summed E-state index contributed by atoms with van der Waals surface area (Å²) in [4.78, 5) is 37.7. The number of esters is 1. The van der Waals surface area contributed by atoms with Gasteiger partial charge in [0.2, 0.25) is 0 Å². The van der Waals surface area contributed by atoms with Crippen LogP contribution in [0.3, 0.4) is 0 Å². The molecule has 1 saturated heterocycles. The van der Waals surface area contributed by atoms with Gasteiger partial charge in [0.05, 0.1) is 12.0 Å². The predicted molar refractivity (Wildman–Crippen MR) is 107 cm³/mol. The molecule has 0 radical (unpaired) electrons. The molecule has 2 aromatic rings. The van der Waals surface area contributed by atoms with Crippen LogP contribution in [0.15, 0.2) is 59.5 Å². The Bertz CT molecular complexity index is 925. The molecular weight excluding hydrogens is 378 g/mol. The van der Waals surface area contributed by atoms with Gasteiger partial charge in [-0.1, -0.05) is 48.5 Å². The van der Waals surface area contributed by atoms with Crippen molar-refractivity contribution in [1.29, 1.82) is 0 Å². The average molecular weight is 397 g/mol. The van der Waals surface area contributed by atoms with Crippen LogP contribution in [0.4, 0.5) is 4.79 Å². The van der Waals surface area contributed by atoms with E-state index in [-0.39, 0.29) is 4.91 Å². The molecule has 144 valence electrons. The number of carbonyl (C=O) groups is 3. The standard InChI is InChI=1S/C21H19NO5S/c1-14(20(24)26-2)22-19(23)18(28-21(22)25)12-16-10-6-7-11-17(16)27-13-15-8-4-3-5-9-15/h3-12,14H,13H2,1-2H3. The first-order valence-electron chi connectivity index (χ1n) is 8.62. The highest BCUT2D eigenvalue weighted by atomic mass is 32.2. The number of imide groups is 1. The largest absolute Gasteiger partial charge is 0.488 e. The number of amides is 2. The minimum atomic E-state index is -0.979. The molecule has 0 saturated carbocycles. The van der Waals surface area contributed by atoms with Gasteiger partial charge in [-0.2, -0.15) is 0 Å². The predicted octanol–water partition coefficient (Wildman–Crippen LogP) is 3.86. The maximum absolute atomic E-state index is 12.6. The molecule has 7 heteroatoms. The second kappa shape index (κ2) is 8.75. The van der Waals surface area contributed by atoms with Crippen LogP contribution in [0.2, 0.25) is 0 Å². The van der Waals surface area contributed by atoms with Crippen molar-refractivity contribution in [2.24, 2.45) is 0 Å². The van der Waals surface area contributed by atoms with Crippen molar-refractivity contribution in [2.45, 2.75) is 19.6 Å². The number of benzene rings is 2. The molecule has 1 aliphatic rings. The molecule has 1 aliphatic heterocycles. The van der Waals surface area contributed by atoms with Crippen LogP contribution in [0.5, 0.6) is 5.75 Å². The van der Waals surface area contributed by atoms with Crippen LogP contribution in [-0.4, -0.2) is 35.2 Å². The van der Waals surface area contributed by atoms with E-state index in [1.807, 2.05) is 42.5 Å². The highest BCUT2D eigenvalue weighted by Crippen LogP contribution is 2.35. The number of hydrogen-bond acceptors (Lipinski definition) is 6. The minimum Gasteiger partial charge on any atom is -0.488 e. The van der Waals surface area contributed by atoms with Crippen molar-refractivity contribution in [3.63, 3.8) is 0 Å². The third kappa shape index (κ3) is 4.26. The van der Waals surface area contributed by atoms with E-state index >= 15 is 0 Å². The van der Waals surface area contributed by atoms with Gasteiger partial charge in [0, 0.05) is 5.56 Å². The van der Waals surface area contributed by atoms with Crippen LogP contribution in [0, 0.1) is 0 Å². The lowest BCUT2D eigenvalue weighted by Gasteiger charge is -2.18. The summed E-state index contributed by atoms with van der Waals surface area (Å²) >= 11 is 0.791. The number of ether oxygens (including phenoxy) is 2. The zero-order valence-electron chi connectivity index (χ0n) is 15.5. The van der Waals surface area contributed by atoms with Crippen molar-refractivity contribution in [2.75, 3.05) is 7.11 Å². The normalized spacial score (nSPS) is 16.4. The van der Waals surface area contributed by atoms with Gasteiger partial charge in [-0.25, -0.2) is 4.79 Å². The fourth-order valence-electron chi connectivity index (χ4n) is 2.70. The number of methoxy groups -OCH3 is 1. The second-order valence-electron chi connectivity index (χ2n) is 6.06. The van der Waals surface area contributed by atoms with Crippen LogP contribution in [-0.2, 0) is 20.9 Å². The zero-order valence-corrected chi connectivity index (χ0v) is 16.3. The minimum absolute atomic E-state index is 0.233. The molecule has 2 amide bonds. The van der Waals surface area contributed by atoms with Gasteiger partial charge in [0.25, 0.3) is 11.1 Å². The van der Waals surface area contributed by atoms with E-state index in [9.17, 15) is 14.4 Å². The Morgan fingerprint density at radius 2 is 1.79 bits per heavy atom. The molecule has 6 nitrogen and oxygen atoms in total. The Morgan fingerprint density at radius 1 is 1.11 bits per heavy atom. The summed E-state index contributed by atoms with van der Waals surface area (Å²) in [6, 6.07) is 16.0. The van der Waals surface area contributed by atoms with Crippen LogP contribution in [0.25, 0.3) is 6.08 Å². The molecule has 28 heavy (non-hydrogen) atoms. The van der Waals surface area contributed by atoms with Gasteiger partial charge in [-0.05, 0) is 36.4 Å². The summed E-state index contributed by atoms with van der Waals surface area (Å²) in [6.07, 6.45) is 1.61. The topological polar surface area (TPSA) is 72.9 Å². The number of para-hydroxylation sites is 1. The van der Waals surface area contributed by atoms with Crippen molar-refractivity contribution >= 4 is 35.0 Å². The molecule has 0 aliphatic carbocycles. The van der Waals surface area contributed by atoms with E-state index in [1.165, 1.54) is 14.0 Å². The third-order valence-electron chi connectivity index (χ3n) is 4.20. The SMILES string of the molecule is COC(=O)C(C)N1C(=O)SC(=Cc2ccccc2OCc2ccccc2)C1=O. The Morgan fingerprint density at radius 3 is 2.50 bits per heavy atom. The Labute approximate surface area is 167 Å². The Hall–Kier alpha value is -3.06. The van der Waals surface area contributed by atoms with E-state index in [2.05, 4.69) is 4.74 Å². The first-order chi connectivity index (χ1) is 13.5. The van der Waals surface area contributed by atoms with Gasteiger partial charge in [0.1, 0.15) is 18.4 Å². The summed E-state index contributed by atoms with van der Waals surface area (Å²) in [5, 5.41) is -0.503. The van der Waals surface area contributed by atoms with Crippen LogP contribution < -0.4 is 4.74 Å². The van der Waals surface area contributed by atoms with E-state index in [4.69, 9.17) is 4.74 Å². The number of carbonyl (C=O) groups excluding carboxylic acids is 3. The molecule has 3 rings (SSSR count). The van der Waals surface area contributed by atoms with Crippen molar-refractivity contribution < 1.29 is 23.9 Å². The third-order valence-corrected chi connectivity index (χ3v) is 5.08. The molecule has 1 unspecified atom stereocenters. The first-order valence-corrected chi connectivity index (χ1v) is 9.43. The van der Waals surface area contributed by atoms with E-state index in [0.29, 0.717) is 17.9 Å². The summed E-state index contributed by atoms with van der Waals surface area (Å²) in [5.74, 6) is -0.569. The van der Waals surface area contributed by atoms with Gasteiger partial charge in [-0.15, -0.1) is 0 Å². The second-order valence-corrected chi connectivity index (χ2v) is 7.06. The highest BCUT2D eigenvalue weighted by molar-refractivity contribution is 8.18. The lowest BCUT2D eigenvalue weighted by molar-refractivity contribution is -0.148. The Kier molecular flexibility index (Phi) is 6.16. The summed E-state index contributed by atoms with van der Waals surface area (Å²) < 4.78 is 10.5. The van der Waals surface area contributed by atoms with Crippen LogP contribution >= 0.6 is 11.8 Å². The molecular formula is C21H19NO5S. The lowest BCUT2D eigenvalue weighted by Crippen LogP contribution is -2.42. The molecule has 1 heterocycles. The number of nitrogens with zero attached hydrogens (tertiary/aromatic N) is 1. The smallest absolute Gasteiger partial charge is 0.328 e. The number of rotatable bonds is 6. The molecule has 1 fully saturated rings. The summed E-state index contributed by atoms with van der Waals surface area (Å²) in [6.45, 7) is 1.84. The summed E-state index contributed by atoms with van der Waals surface area (Å²) in [7, 11) is 1.22. The van der Waals surface area contributed by atoms with Gasteiger partial charge >= 0.3 is 5.97 Å². The molecule has 0 N–H and O–H groups in total. The monoisotopic (exact) mass is 397 g/mol. The van der Waals surface area contributed by atoms with E-state index in [0.717, 1.165) is 22.2 Å². The highest BCUT2D eigenvalue weighted by Gasteiger charge is 2.41. The fourth-order valence-corrected chi connectivity index (χ4v) is 3.60. The summed E-state index contributed by atoms with van der Waals surface area (Å²) in [5.41, 5.74) is 1.69. The molecule has 0 aromatic heterocycles.